The monoisotopic (exact) mass is 273 g/mol. The molecule has 1 rings (SSSR count). The van der Waals surface area contributed by atoms with Crippen molar-refractivity contribution in [2.75, 3.05) is 0 Å². The summed E-state index contributed by atoms with van der Waals surface area (Å²) < 4.78 is 36.5. The number of alkyl halides is 3. The third-order valence-electron chi connectivity index (χ3n) is 1.40. The maximum atomic E-state index is 11.9. The minimum Gasteiger partial charge on any atom is -0.323 e. The molecule has 0 saturated carbocycles. The molecule has 1 aromatic rings. The minimum atomic E-state index is -4.20. The molecule has 1 atom stereocenters. The highest BCUT2D eigenvalue weighted by Crippen LogP contribution is 2.32. The van der Waals surface area contributed by atoms with Crippen molar-refractivity contribution in [2.45, 2.75) is 18.6 Å². The second-order valence-corrected chi connectivity index (χ2v) is 4.45. The van der Waals surface area contributed by atoms with E-state index in [0.29, 0.717) is 4.88 Å². The summed E-state index contributed by atoms with van der Waals surface area (Å²) in [6.45, 7) is 0. The van der Waals surface area contributed by atoms with Crippen LogP contribution in [0.5, 0.6) is 0 Å². The van der Waals surface area contributed by atoms with Crippen LogP contribution in [-0.2, 0) is 0 Å². The van der Waals surface area contributed by atoms with Crippen LogP contribution in [0.15, 0.2) is 15.9 Å². The van der Waals surface area contributed by atoms with E-state index in [9.17, 15) is 13.2 Å². The van der Waals surface area contributed by atoms with Gasteiger partial charge < -0.3 is 5.73 Å². The number of rotatable bonds is 2. The molecule has 0 fully saturated rings. The smallest absolute Gasteiger partial charge is 0.323 e. The van der Waals surface area contributed by atoms with E-state index in [1.54, 1.807) is 11.4 Å². The predicted octanol–water partition coefficient (Wildman–Crippen LogP) is 3.46. The fourth-order valence-electron chi connectivity index (χ4n) is 0.873. The number of hydrogen-bond acceptors (Lipinski definition) is 2. The van der Waals surface area contributed by atoms with E-state index in [1.165, 1.54) is 11.3 Å². The van der Waals surface area contributed by atoms with Gasteiger partial charge in [-0.1, -0.05) is 0 Å². The third kappa shape index (κ3) is 3.66. The van der Waals surface area contributed by atoms with Gasteiger partial charge in [0, 0.05) is 20.8 Å². The Morgan fingerprint density at radius 2 is 2.15 bits per heavy atom. The van der Waals surface area contributed by atoms with Crippen molar-refractivity contribution in [3.05, 3.63) is 20.8 Å². The molecule has 1 unspecified atom stereocenters. The standard InChI is InChI=1S/C7H7BrF3NS/c8-4-1-6(13-3-4)5(12)2-7(9,10)11/h1,3,5H,2,12H2. The highest BCUT2D eigenvalue weighted by molar-refractivity contribution is 9.10. The van der Waals surface area contributed by atoms with E-state index in [4.69, 9.17) is 5.73 Å². The number of thiophene rings is 1. The van der Waals surface area contributed by atoms with Gasteiger partial charge in [-0.25, -0.2) is 0 Å². The Morgan fingerprint density at radius 1 is 1.54 bits per heavy atom. The molecular weight excluding hydrogens is 267 g/mol. The molecule has 1 aromatic heterocycles. The molecule has 0 amide bonds. The van der Waals surface area contributed by atoms with Crippen LogP contribution in [0.1, 0.15) is 17.3 Å². The van der Waals surface area contributed by atoms with Gasteiger partial charge in [0.05, 0.1) is 6.42 Å². The number of nitrogens with two attached hydrogens (primary N) is 1. The van der Waals surface area contributed by atoms with Crippen LogP contribution >= 0.6 is 27.3 Å². The Balaban J connectivity index is 2.64. The second kappa shape index (κ2) is 3.98. The maximum Gasteiger partial charge on any atom is 0.390 e. The van der Waals surface area contributed by atoms with E-state index < -0.39 is 18.6 Å². The van der Waals surface area contributed by atoms with Gasteiger partial charge in [-0.2, -0.15) is 13.2 Å². The zero-order chi connectivity index (χ0) is 10.1. The number of hydrogen-bond donors (Lipinski definition) is 1. The van der Waals surface area contributed by atoms with Crippen molar-refractivity contribution in [1.82, 2.24) is 0 Å². The van der Waals surface area contributed by atoms with Gasteiger partial charge in [0.1, 0.15) is 0 Å². The predicted molar refractivity (Wildman–Crippen MR) is 49.6 cm³/mol. The zero-order valence-corrected chi connectivity index (χ0v) is 8.84. The average Bonchev–Trinajstić information content (AvgIpc) is 2.31. The second-order valence-electron chi connectivity index (χ2n) is 2.59. The largest absolute Gasteiger partial charge is 0.390 e. The molecule has 0 bridgehead atoms. The third-order valence-corrected chi connectivity index (χ3v) is 3.23. The van der Waals surface area contributed by atoms with E-state index in [0.717, 1.165) is 4.47 Å². The Kier molecular flexibility index (Phi) is 3.37. The Labute approximate surface area is 85.9 Å². The minimum absolute atomic E-state index is 0.546. The summed E-state index contributed by atoms with van der Waals surface area (Å²) in [6, 6.07) is 0.664. The van der Waals surface area contributed by atoms with Crippen molar-refractivity contribution in [1.29, 1.82) is 0 Å². The lowest BCUT2D eigenvalue weighted by molar-refractivity contribution is -0.138. The van der Waals surface area contributed by atoms with E-state index in [2.05, 4.69) is 15.9 Å². The van der Waals surface area contributed by atoms with Crippen LogP contribution in [0.4, 0.5) is 13.2 Å². The first-order chi connectivity index (χ1) is 5.88. The molecule has 13 heavy (non-hydrogen) atoms. The summed E-state index contributed by atoms with van der Waals surface area (Å²) >= 11 is 4.38. The molecule has 0 spiro atoms. The van der Waals surface area contributed by atoms with Crippen LogP contribution in [-0.4, -0.2) is 6.18 Å². The summed E-state index contributed by atoms with van der Waals surface area (Å²) in [5.41, 5.74) is 5.36. The molecule has 1 nitrogen and oxygen atoms in total. The normalized spacial score (nSPS) is 14.5. The fraction of sp³-hybridized carbons (Fsp3) is 0.429. The lowest BCUT2D eigenvalue weighted by Gasteiger charge is -2.11. The van der Waals surface area contributed by atoms with Crippen LogP contribution < -0.4 is 5.73 Å². The molecule has 6 heteroatoms. The topological polar surface area (TPSA) is 26.0 Å². The van der Waals surface area contributed by atoms with Gasteiger partial charge in [-0.3, -0.25) is 0 Å². The molecule has 0 aromatic carbocycles. The lowest BCUT2D eigenvalue weighted by atomic mass is 10.2. The Bertz CT molecular complexity index is 284. The van der Waals surface area contributed by atoms with Gasteiger partial charge in [0.25, 0.3) is 0 Å². The van der Waals surface area contributed by atoms with Crippen LogP contribution in [0.3, 0.4) is 0 Å². The molecular formula is C7H7BrF3NS. The fourth-order valence-corrected chi connectivity index (χ4v) is 2.32. The van der Waals surface area contributed by atoms with E-state index in [-0.39, 0.29) is 0 Å². The summed E-state index contributed by atoms with van der Waals surface area (Å²) in [7, 11) is 0. The van der Waals surface area contributed by atoms with Crippen LogP contribution in [0.2, 0.25) is 0 Å². The molecule has 0 saturated heterocycles. The van der Waals surface area contributed by atoms with Gasteiger partial charge in [0.2, 0.25) is 0 Å². The van der Waals surface area contributed by atoms with Crippen molar-refractivity contribution in [3.63, 3.8) is 0 Å². The van der Waals surface area contributed by atoms with Crippen LogP contribution in [0, 0.1) is 0 Å². The maximum absolute atomic E-state index is 11.9. The molecule has 2 N–H and O–H groups in total. The molecule has 0 radical (unpaired) electrons. The first-order valence-electron chi connectivity index (χ1n) is 3.45. The van der Waals surface area contributed by atoms with Gasteiger partial charge in [0.15, 0.2) is 0 Å². The zero-order valence-electron chi connectivity index (χ0n) is 6.44. The highest BCUT2D eigenvalue weighted by Gasteiger charge is 2.31. The lowest BCUT2D eigenvalue weighted by Crippen LogP contribution is -2.19. The Hall–Kier alpha value is -0.0700. The summed E-state index contributed by atoms with van der Waals surface area (Å²) in [4.78, 5) is 0.546. The van der Waals surface area contributed by atoms with E-state index >= 15 is 0 Å². The SMILES string of the molecule is NC(CC(F)(F)F)c1cc(Br)cs1. The quantitative estimate of drug-likeness (QED) is 0.878. The summed E-state index contributed by atoms with van der Waals surface area (Å²) in [5, 5.41) is 1.71. The summed E-state index contributed by atoms with van der Waals surface area (Å²) in [6.07, 6.45) is -5.17. The molecule has 74 valence electrons. The summed E-state index contributed by atoms with van der Waals surface area (Å²) in [5.74, 6) is 0. The molecule has 0 aliphatic carbocycles. The van der Waals surface area contributed by atoms with Gasteiger partial charge in [-0.05, 0) is 22.0 Å². The first kappa shape index (κ1) is 11.0. The Morgan fingerprint density at radius 3 is 2.54 bits per heavy atom. The van der Waals surface area contributed by atoms with Crippen molar-refractivity contribution < 1.29 is 13.2 Å². The first-order valence-corrected chi connectivity index (χ1v) is 5.12. The molecule has 0 aliphatic rings. The van der Waals surface area contributed by atoms with Crippen molar-refractivity contribution in [3.8, 4) is 0 Å². The molecule has 1 heterocycles. The molecule has 0 aliphatic heterocycles. The van der Waals surface area contributed by atoms with Crippen molar-refractivity contribution >= 4 is 27.3 Å². The van der Waals surface area contributed by atoms with Crippen LogP contribution in [0.25, 0.3) is 0 Å². The van der Waals surface area contributed by atoms with Crippen molar-refractivity contribution in [2.24, 2.45) is 5.73 Å². The average molecular weight is 274 g/mol. The number of halogens is 4. The van der Waals surface area contributed by atoms with E-state index in [1.807, 2.05) is 0 Å². The highest BCUT2D eigenvalue weighted by atomic mass is 79.9. The van der Waals surface area contributed by atoms with Gasteiger partial charge >= 0.3 is 6.18 Å². The van der Waals surface area contributed by atoms with Gasteiger partial charge in [-0.15, -0.1) is 11.3 Å².